The molecule has 50 valence electrons. The molecule has 0 radical (unpaired) electrons. The molecule has 0 aromatic carbocycles. The fraction of sp³-hybridized carbons (Fsp3) is 1.00. The summed E-state index contributed by atoms with van der Waals surface area (Å²) in [6.45, 7) is 3.44. The molecule has 8 heavy (non-hydrogen) atoms. The molecule has 0 aliphatic heterocycles. The van der Waals surface area contributed by atoms with Gasteiger partial charge in [0.15, 0.2) is 0 Å². The molecule has 0 saturated carbocycles. The van der Waals surface area contributed by atoms with E-state index < -0.39 is 0 Å². The van der Waals surface area contributed by atoms with Crippen molar-refractivity contribution < 1.29 is 0 Å². The van der Waals surface area contributed by atoms with E-state index in [4.69, 9.17) is 0 Å². The summed E-state index contributed by atoms with van der Waals surface area (Å²) in [5.74, 6) is 0. The number of rotatable bonds is 3. The second kappa shape index (κ2) is 7.02. The standard InChI is InChI=1S/C6H15N.BH3/c1-4-5-6-7(2)3;/h4-6H2,1-3H3;1H3. The molecule has 0 saturated heterocycles. The van der Waals surface area contributed by atoms with Gasteiger partial charge in [0.2, 0.25) is 0 Å². The Morgan fingerprint density at radius 2 is 1.75 bits per heavy atom. The lowest BCUT2D eigenvalue weighted by Crippen LogP contribution is -2.12. The summed E-state index contributed by atoms with van der Waals surface area (Å²) in [5, 5.41) is 0. The van der Waals surface area contributed by atoms with Crippen LogP contribution in [0.25, 0.3) is 0 Å². The first kappa shape index (κ1) is 10.9. The van der Waals surface area contributed by atoms with Crippen molar-refractivity contribution in [2.45, 2.75) is 19.8 Å². The molecule has 0 atom stereocenters. The van der Waals surface area contributed by atoms with Crippen LogP contribution in [0.3, 0.4) is 0 Å². The molecule has 0 N–H and O–H groups in total. The fourth-order valence-corrected chi connectivity index (χ4v) is 0.474. The molecule has 0 aromatic heterocycles. The summed E-state index contributed by atoms with van der Waals surface area (Å²) < 4.78 is 0. The summed E-state index contributed by atoms with van der Waals surface area (Å²) in [7, 11) is 4.21. The average molecular weight is 115 g/mol. The van der Waals surface area contributed by atoms with Crippen LogP contribution in [0.4, 0.5) is 0 Å². The molecule has 0 heterocycles. The lowest BCUT2D eigenvalue weighted by Gasteiger charge is -2.05. The topological polar surface area (TPSA) is 3.24 Å². The van der Waals surface area contributed by atoms with Crippen LogP contribution in [-0.2, 0) is 0 Å². The summed E-state index contributed by atoms with van der Waals surface area (Å²) in [5.41, 5.74) is 0. The van der Waals surface area contributed by atoms with E-state index >= 15 is 0 Å². The molecular formula is C6H18BN. The van der Waals surface area contributed by atoms with E-state index in [2.05, 4.69) is 25.9 Å². The predicted molar refractivity (Wildman–Crippen MR) is 43.4 cm³/mol. The van der Waals surface area contributed by atoms with Gasteiger partial charge in [0.05, 0.1) is 8.41 Å². The first-order valence-corrected chi connectivity index (χ1v) is 2.92. The Labute approximate surface area is 54.6 Å². The van der Waals surface area contributed by atoms with Gasteiger partial charge in [-0.2, -0.15) is 0 Å². The Kier molecular flexibility index (Phi) is 9.58. The zero-order valence-corrected chi connectivity index (χ0v) is 5.57. The fourth-order valence-electron chi connectivity index (χ4n) is 0.474. The quantitative estimate of drug-likeness (QED) is 0.473. The van der Waals surface area contributed by atoms with E-state index in [1.54, 1.807) is 0 Å². The van der Waals surface area contributed by atoms with Gasteiger partial charge in [-0.05, 0) is 27.1 Å². The number of hydrogen-bond acceptors (Lipinski definition) is 1. The summed E-state index contributed by atoms with van der Waals surface area (Å²) in [6, 6.07) is 0. The molecule has 0 amide bonds. The Morgan fingerprint density at radius 3 is 1.88 bits per heavy atom. The maximum absolute atomic E-state index is 2.21. The lowest BCUT2D eigenvalue weighted by molar-refractivity contribution is 0.398. The van der Waals surface area contributed by atoms with Crippen LogP contribution in [-0.4, -0.2) is 34.0 Å². The van der Waals surface area contributed by atoms with Crippen molar-refractivity contribution in [1.82, 2.24) is 4.90 Å². The maximum Gasteiger partial charge on any atom is 0.0814 e. The first-order valence-electron chi connectivity index (χ1n) is 2.92. The molecule has 0 aliphatic carbocycles. The van der Waals surface area contributed by atoms with Gasteiger partial charge in [-0.1, -0.05) is 13.3 Å². The minimum Gasteiger partial charge on any atom is -0.309 e. The van der Waals surface area contributed by atoms with Gasteiger partial charge in [-0.3, -0.25) is 0 Å². The molecule has 0 aliphatic rings. The predicted octanol–water partition coefficient (Wildman–Crippen LogP) is 0.164. The van der Waals surface area contributed by atoms with Crippen LogP contribution >= 0.6 is 0 Å². The highest BCUT2D eigenvalue weighted by molar-refractivity contribution is 5.75. The normalized spacial score (nSPS) is 9.00. The third-order valence-electron chi connectivity index (χ3n) is 0.959. The number of unbranched alkanes of at least 4 members (excludes halogenated alkanes) is 1. The Morgan fingerprint density at radius 1 is 1.25 bits per heavy atom. The van der Waals surface area contributed by atoms with Crippen molar-refractivity contribution in [3.05, 3.63) is 0 Å². The zero-order valence-electron chi connectivity index (χ0n) is 5.57. The van der Waals surface area contributed by atoms with Crippen molar-refractivity contribution in [2.75, 3.05) is 20.6 Å². The molecule has 0 aromatic rings. The molecule has 0 spiro atoms. The van der Waals surface area contributed by atoms with Gasteiger partial charge in [-0.15, -0.1) is 0 Å². The average Bonchev–Trinajstić information content (AvgIpc) is 1.61. The largest absolute Gasteiger partial charge is 0.309 e. The Balaban J connectivity index is 0. The summed E-state index contributed by atoms with van der Waals surface area (Å²) in [6.07, 6.45) is 2.63. The van der Waals surface area contributed by atoms with E-state index in [1.807, 2.05) is 0 Å². The van der Waals surface area contributed by atoms with Gasteiger partial charge in [-0.25, -0.2) is 0 Å². The summed E-state index contributed by atoms with van der Waals surface area (Å²) in [4.78, 5) is 2.21. The first-order chi connectivity index (χ1) is 3.27. The van der Waals surface area contributed by atoms with Crippen LogP contribution in [0.15, 0.2) is 0 Å². The molecule has 0 fully saturated rings. The molecule has 1 nitrogen and oxygen atoms in total. The highest BCUT2D eigenvalue weighted by Gasteiger charge is 1.83. The Bertz CT molecular complexity index is 37.5. The van der Waals surface area contributed by atoms with Gasteiger partial charge in [0.25, 0.3) is 0 Å². The van der Waals surface area contributed by atoms with Crippen molar-refractivity contribution in [2.24, 2.45) is 0 Å². The second-order valence-corrected chi connectivity index (χ2v) is 2.16. The van der Waals surface area contributed by atoms with Gasteiger partial charge < -0.3 is 4.90 Å². The van der Waals surface area contributed by atoms with Crippen LogP contribution in [0.1, 0.15) is 19.8 Å². The highest BCUT2D eigenvalue weighted by Crippen LogP contribution is 1.86. The third-order valence-corrected chi connectivity index (χ3v) is 0.959. The number of hydrogen-bond donors (Lipinski definition) is 0. The van der Waals surface area contributed by atoms with Crippen LogP contribution in [0.5, 0.6) is 0 Å². The van der Waals surface area contributed by atoms with E-state index in [0.29, 0.717) is 0 Å². The van der Waals surface area contributed by atoms with E-state index in [1.165, 1.54) is 19.4 Å². The van der Waals surface area contributed by atoms with Gasteiger partial charge in [0.1, 0.15) is 0 Å². The molecular weight excluding hydrogens is 96.9 g/mol. The smallest absolute Gasteiger partial charge is 0.0814 e. The van der Waals surface area contributed by atoms with Crippen LogP contribution < -0.4 is 0 Å². The highest BCUT2D eigenvalue weighted by atomic mass is 15.0. The third kappa shape index (κ3) is 9.39. The van der Waals surface area contributed by atoms with E-state index in [0.717, 1.165) is 0 Å². The molecule has 0 rings (SSSR count). The van der Waals surface area contributed by atoms with E-state index in [-0.39, 0.29) is 8.41 Å². The Hall–Kier alpha value is 0.0249. The maximum atomic E-state index is 2.21. The minimum absolute atomic E-state index is 0. The SMILES string of the molecule is B.CCCCN(C)C. The van der Waals surface area contributed by atoms with Crippen LogP contribution in [0, 0.1) is 0 Å². The monoisotopic (exact) mass is 115 g/mol. The molecule has 0 unspecified atom stereocenters. The minimum atomic E-state index is 0. The van der Waals surface area contributed by atoms with Crippen molar-refractivity contribution in [1.29, 1.82) is 0 Å². The zero-order chi connectivity index (χ0) is 5.70. The molecule has 0 bridgehead atoms. The lowest BCUT2D eigenvalue weighted by atomic mass is 10.3. The van der Waals surface area contributed by atoms with Crippen molar-refractivity contribution in [3.8, 4) is 0 Å². The second-order valence-electron chi connectivity index (χ2n) is 2.16. The van der Waals surface area contributed by atoms with Gasteiger partial charge in [0, 0.05) is 0 Å². The molecule has 2 heteroatoms. The van der Waals surface area contributed by atoms with Crippen molar-refractivity contribution >= 4 is 8.41 Å². The number of nitrogens with zero attached hydrogens (tertiary/aromatic N) is 1. The van der Waals surface area contributed by atoms with Gasteiger partial charge >= 0.3 is 0 Å². The van der Waals surface area contributed by atoms with Crippen molar-refractivity contribution in [3.63, 3.8) is 0 Å². The van der Waals surface area contributed by atoms with E-state index in [9.17, 15) is 0 Å². The summed E-state index contributed by atoms with van der Waals surface area (Å²) >= 11 is 0. The van der Waals surface area contributed by atoms with Crippen LogP contribution in [0.2, 0.25) is 0 Å².